The van der Waals surface area contributed by atoms with E-state index >= 15 is 0 Å². The lowest BCUT2D eigenvalue weighted by Gasteiger charge is -2.29. The number of hydrogen-bond acceptors (Lipinski definition) is 3. The average Bonchev–Trinajstić information content (AvgIpc) is 2.59. The topological polar surface area (TPSA) is 35.5 Å². The second-order valence-electron chi connectivity index (χ2n) is 7.64. The van der Waals surface area contributed by atoms with E-state index in [2.05, 4.69) is 13.8 Å². The fourth-order valence-electron chi connectivity index (χ4n) is 3.50. The summed E-state index contributed by atoms with van der Waals surface area (Å²) < 4.78 is 11.5. The van der Waals surface area contributed by atoms with Crippen LogP contribution in [-0.4, -0.2) is 24.8 Å². The number of carbonyl (C=O) groups is 1. The molecule has 3 heteroatoms. The van der Waals surface area contributed by atoms with Crippen molar-refractivity contribution in [1.82, 2.24) is 0 Å². The van der Waals surface area contributed by atoms with Crippen LogP contribution in [0.25, 0.3) is 0 Å². The molecule has 2 unspecified atom stereocenters. The fourth-order valence-corrected chi connectivity index (χ4v) is 3.50. The van der Waals surface area contributed by atoms with Crippen molar-refractivity contribution in [3.63, 3.8) is 0 Å². The monoisotopic (exact) mass is 340 g/mol. The lowest BCUT2D eigenvalue weighted by molar-refractivity contribution is -0.161. The highest BCUT2D eigenvalue weighted by molar-refractivity contribution is 5.72. The molecule has 24 heavy (non-hydrogen) atoms. The molecule has 3 nitrogen and oxygen atoms in total. The number of carbonyl (C=O) groups excluding carboxylic acids is 1. The van der Waals surface area contributed by atoms with Gasteiger partial charge in [0.05, 0.1) is 12.0 Å². The van der Waals surface area contributed by atoms with Crippen LogP contribution in [0.15, 0.2) is 0 Å². The van der Waals surface area contributed by atoms with Gasteiger partial charge in [0, 0.05) is 6.61 Å². The Balaban J connectivity index is 2.20. The van der Waals surface area contributed by atoms with E-state index in [4.69, 9.17) is 9.47 Å². The Labute approximate surface area is 149 Å². The molecule has 1 rings (SSSR count). The van der Waals surface area contributed by atoms with Crippen LogP contribution in [0, 0.1) is 11.8 Å². The molecular weight excluding hydrogens is 300 g/mol. The van der Waals surface area contributed by atoms with Crippen molar-refractivity contribution in [2.45, 2.75) is 111 Å². The van der Waals surface area contributed by atoms with Crippen LogP contribution in [0.1, 0.15) is 98.3 Å². The SMILES string of the molecule is CCCCCOC(C)C(C)OC(=O)[C@H]1CC[C@H](CCCCC)CC1. The summed E-state index contributed by atoms with van der Waals surface area (Å²) in [6.45, 7) is 9.17. The van der Waals surface area contributed by atoms with E-state index in [9.17, 15) is 4.79 Å². The van der Waals surface area contributed by atoms with E-state index in [-0.39, 0.29) is 24.1 Å². The maximum atomic E-state index is 12.4. The first-order valence-electron chi connectivity index (χ1n) is 10.4. The first kappa shape index (κ1) is 21.5. The minimum atomic E-state index is -0.151. The van der Waals surface area contributed by atoms with E-state index in [0.29, 0.717) is 0 Å². The fraction of sp³-hybridized carbons (Fsp3) is 0.952. The van der Waals surface area contributed by atoms with Gasteiger partial charge in [-0.3, -0.25) is 4.79 Å². The normalized spacial score (nSPS) is 23.7. The molecule has 0 spiro atoms. The van der Waals surface area contributed by atoms with Gasteiger partial charge in [0.25, 0.3) is 0 Å². The van der Waals surface area contributed by atoms with Gasteiger partial charge in [-0.1, -0.05) is 52.4 Å². The number of esters is 1. The summed E-state index contributed by atoms with van der Waals surface area (Å²) in [7, 11) is 0. The molecule has 0 N–H and O–H groups in total. The molecule has 1 saturated carbocycles. The quantitative estimate of drug-likeness (QED) is 0.328. The number of unbranched alkanes of at least 4 members (excludes halogenated alkanes) is 4. The van der Waals surface area contributed by atoms with Crippen molar-refractivity contribution in [2.75, 3.05) is 6.61 Å². The molecule has 1 aliphatic rings. The molecule has 0 heterocycles. The van der Waals surface area contributed by atoms with Crippen molar-refractivity contribution in [3.05, 3.63) is 0 Å². The second-order valence-corrected chi connectivity index (χ2v) is 7.64. The molecule has 0 amide bonds. The van der Waals surface area contributed by atoms with Crippen molar-refractivity contribution in [2.24, 2.45) is 11.8 Å². The highest BCUT2D eigenvalue weighted by Gasteiger charge is 2.29. The van der Waals surface area contributed by atoms with Gasteiger partial charge in [-0.15, -0.1) is 0 Å². The van der Waals surface area contributed by atoms with Gasteiger partial charge < -0.3 is 9.47 Å². The van der Waals surface area contributed by atoms with Crippen molar-refractivity contribution in [3.8, 4) is 0 Å². The Morgan fingerprint density at radius 1 is 0.917 bits per heavy atom. The van der Waals surface area contributed by atoms with Crippen LogP contribution in [-0.2, 0) is 14.3 Å². The zero-order valence-electron chi connectivity index (χ0n) is 16.5. The Morgan fingerprint density at radius 3 is 2.17 bits per heavy atom. The van der Waals surface area contributed by atoms with Gasteiger partial charge in [0.15, 0.2) is 0 Å². The maximum Gasteiger partial charge on any atom is 0.309 e. The van der Waals surface area contributed by atoms with E-state index in [1.807, 2.05) is 13.8 Å². The molecule has 0 aromatic heterocycles. The Morgan fingerprint density at radius 2 is 1.54 bits per heavy atom. The van der Waals surface area contributed by atoms with E-state index in [0.717, 1.165) is 31.8 Å². The zero-order chi connectivity index (χ0) is 17.8. The first-order chi connectivity index (χ1) is 11.6. The van der Waals surface area contributed by atoms with Crippen LogP contribution in [0.3, 0.4) is 0 Å². The molecule has 0 aliphatic heterocycles. The van der Waals surface area contributed by atoms with Gasteiger partial charge in [0.2, 0.25) is 0 Å². The third-order valence-corrected chi connectivity index (χ3v) is 5.49. The summed E-state index contributed by atoms with van der Waals surface area (Å²) in [6, 6.07) is 0. The summed E-state index contributed by atoms with van der Waals surface area (Å²) in [5.74, 6) is 0.944. The number of hydrogen-bond donors (Lipinski definition) is 0. The first-order valence-corrected chi connectivity index (χ1v) is 10.4. The highest BCUT2D eigenvalue weighted by Crippen LogP contribution is 2.33. The molecule has 2 atom stereocenters. The zero-order valence-corrected chi connectivity index (χ0v) is 16.5. The van der Waals surface area contributed by atoms with Gasteiger partial charge >= 0.3 is 5.97 Å². The summed E-state index contributed by atoms with van der Waals surface area (Å²) in [4.78, 5) is 12.4. The summed E-state index contributed by atoms with van der Waals surface area (Å²) >= 11 is 0. The van der Waals surface area contributed by atoms with Crippen LogP contribution >= 0.6 is 0 Å². The maximum absolute atomic E-state index is 12.4. The molecule has 0 aromatic rings. The second kappa shape index (κ2) is 12.7. The van der Waals surface area contributed by atoms with Gasteiger partial charge in [-0.25, -0.2) is 0 Å². The molecule has 0 aromatic carbocycles. The Kier molecular flexibility index (Phi) is 11.4. The lowest BCUT2D eigenvalue weighted by Crippen LogP contribution is -2.33. The average molecular weight is 341 g/mol. The highest BCUT2D eigenvalue weighted by atomic mass is 16.6. The van der Waals surface area contributed by atoms with Gasteiger partial charge in [0.1, 0.15) is 6.10 Å². The summed E-state index contributed by atoms with van der Waals surface area (Å²) in [5, 5.41) is 0. The number of rotatable bonds is 12. The van der Waals surface area contributed by atoms with Crippen LogP contribution < -0.4 is 0 Å². The van der Waals surface area contributed by atoms with Crippen molar-refractivity contribution < 1.29 is 14.3 Å². The predicted molar refractivity (Wildman–Crippen MR) is 100 cm³/mol. The standard InChI is InChI=1S/C21H40O3/c1-5-7-9-11-19-12-14-20(15-13-19)21(22)24-18(4)17(3)23-16-10-8-6-2/h17-20H,5-16H2,1-4H3/t17?,18?,19-,20-. The van der Waals surface area contributed by atoms with Crippen LogP contribution in [0.5, 0.6) is 0 Å². The summed E-state index contributed by atoms with van der Waals surface area (Å²) in [5.41, 5.74) is 0. The molecular formula is C21H40O3. The van der Waals surface area contributed by atoms with E-state index in [1.165, 1.54) is 51.4 Å². The van der Waals surface area contributed by atoms with Crippen LogP contribution in [0.2, 0.25) is 0 Å². The number of ether oxygens (including phenoxy) is 2. The predicted octanol–water partition coefficient (Wildman–Crippen LogP) is 5.90. The summed E-state index contributed by atoms with van der Waals surface area (Å²) in [6.07, 6.45) is 13.0. The molecule has 1 fully saturated rings. The molecule has 0 saturated heterocycles. The van der Waals surface area contributed by atoms with Crippen molar-refractivity contribution >= 4 is 5.97 Å². The molecule has 142 valence electrons. The largest absolute Gasteiger partial charge is 0.460 e. The molecule has 0 bridgehead atoms. The Bertz CT molecular complexity index is 321. The molecule has 0 radical (unpaired) electrons. The van der Waals surface area contributed by atoms with Gasteiger partial charge in [-0.05, 0) is 51.9 Å². The van der Waals surface area contributed by atoms with Crippen LogP contribution in [0.4, 0.5) is 0 Å². The minimum absolute atomic E-state index is 0.00137. The third-order valence-electron chi connectivity index (χ3n) is 5.49. The minimum Gasteiger partial charge on any atom is -0.460 e. The lowest BCUT2D eigenvalue weighted by atomic mass is 9.80. The Hall–Kier alpha value is -0.570. The smallest absolute Gasteiger partial charge is 0.309 e. The van der Waals surface area contributed by atoms with E-state index in [1.54, 1.807) is 0 Å². The molecule has 1 aliphatic carbocycles. The third kappa shape index (κ3) is 8.50. The van der Waals surface area contributed by atoms with Gasteiger partial charge in [-0.2, -0.15) is 0 Å². The van der Waals surface area contributed by atoms with E-state index < -0.39 is 0 Å². The van der Waals surface area contributed by atoms with Crippen molar-refractivity contribution in [1.29, 1.82) is 0 Å².